The Labute approximate surface area is 123 Å². The number of benzene rings is 1. The maximum absolute atomic E-state index is 13.0. The van der Waals surface area contributed by atoms with E-state index in [4.69, 9.17) is 16.3 Å². The van der Waals surface area contributed by atoms with Crippen molar-refractivity contribution in [3.63, 3.8) is 0 Å². The molecule has 0 aliphatic rings. The Morgan fingerprint density at radius 1 is 1.32 bits per heavy atom. The fraction of sp³-hybridized carbons (Fsp3) is 0.231. The Hall–Kier alpha value is -1.20. The molecule has 100 valence electrons. The summed E-state index contributed by atoms with van der Waals surface area (Å²) in [5.41, 5.74) is 0. The normalized spacial score (nSPS) is 10.5. The van der Waals surface area contributed by atoms with Crippen LogP contribution in [0.15, 0.2) is 28.9 Å². The lowest BCUT2D eigenvalue weighted by molar-refractivity contribution is 0.456. The van der Waals surface area contributed by atoms with Gasteiger partial charge in [-0.15, -0.1) is 0 Å². The van der Waals surface area contributed by atoms with Crippen molar-refractivity contribution in [1.82, 2.24) is 9.97 Å². The summed E-state index contributed by atoms with van der Waals surface area (Å²) in [5.74, 6) is 1.04. The molecule has 6 heteroatoms. The summed E-state index contributed by atoms with van der Waals surface area (Å²) >= 11 is 9.00. The number of hydrogen-bond donors (Lipinski definition) is 0. The molecule has 19 heavy (non-hydrogen) atoms. The molecule has 0 bridgehead atoms. The Kier molecular flexibility index (Phi) is 4.71. The molecule has 1 aromatic carbocycles. The van der Waals surface area contributed by atoms with Crippen LogP contribution in [0.4, 0.5) is 4.39 Å². The van der Waals surface area contributed by atoms with E-state index in [2.05, 4.69) is 25.9 Å². The third-order valence-corrected chi connectivity index (χ3v) is 3.00. The number of hydrogen-bond acceptors (Lipinski definition) is 3. The quantitative estimate of drug-likeness (QED) is 0.748. The van der Waals surface area contributed by atoms with Gasteiger partial charge in [-0.3, -0.25) is 0 Å². The smallest absolute Gasteiger partial charge is 0.223 e. The van der Waals surface area contributed by atoms with E-state index in [1.165, 1.54) is 18.2 Å². The lowest BCUT2D eigenvalue weighted by Crippen LogP contribution is -1.98. The van der Waals surface area contributed by atoms with Gasteiger partial charge in [-0.1, -0.05) is 18.5 Å². The summed E-state index contributed by atoms with van der Waals surface area (Å²) in [7, 11) is 0. The molecular weight excluding hydrogens is 335 g/mol. The van der Waals surface area contributed by atoms with Gasteiger partial charge in [0.25, 0.3) is 0 Å². The zero-order valence-electron chi connectivity index (χ0n) is 10.2. The maximum atomic E-state index is 13.0. The Morgan fingerprint density at radius 3 is 2.79 bits per heavy atom. The first-order chi connectivity index (χ1) is 9.08. The van der Waals surface area contributed by atoms with Gasteiger partial charge in [0, 0.05) is 18.6 Å². The topological polar surface area (TPSA) is 35.0 Å². The number of aromatic nitrogens is 2. The van der Waals surface area contributed by atoms with Crippen molar-refractivity contribution < 1.29 is 9.13 Å². The van der Waals surface area contributed by atoms with E-state index >= 15 is 0 Å². The van der Waals surface area contributed by atoms with E-state index in [0.717, 1.165) is 12.8 Å². The van der Waals surface area contributed by atoms with Crippen LogP contribution in [0.25, 0.3) is 0 Å². The van der Waals surface area contributed by atoms with Crippen LogP contribution in [-0.2, 0) is 6.42 Å². The van der Waals surface area contributed by atoms with Gasteiger partial charge in [-0.05, 0) is 34.5 Å². The van der Waals surface area contributed by atoms with Gasteiger partial charge in [0.05, 0.1) is 5.02 Å². The SMILES string of the molecule is CCCc1nc(Br)cc(Oc2ccc(F)c(Cl)c2)n1. The Balaban J connectivity index is 2.24. The van der Waals surface area contributed by atoms with E-state index in [1.807, 2.05) is 6.92 Å². The van der Waals surface area contributed by atoms with Crippen LogP contribution >= 0.6 is 27.5 Å². The molecule has 0 saturated heterocycles. The maximum Gasteiger partial charge on any atom is 0.223 e. The minimum atomic E-state index is -0.482. The van der Waals surface area contributed by atoms with Crippen LogP contribution in [-0.4, -0.2) is 9.97 Å². The molecule has 0 fully saturated rings. The average Bonchev–Trinajstić information content (AvgIpc) is 2.33. The summed E-state index contributed by atoms with van der Waals surface area (Å²) in [6.07, 6.45) is 1.71. The first kappa shape index (κ1) is 14.2. The van der Waals surface area contributed by atoms with Crippen LogP contribution in [0.3, 0.4) is 0 Å². The molecule has 2 aromatic rings. The molecule has 1 aromatic heterocycles. The van der Waals surface area contributed by atoms with E-state index in [1.54, 1.807) is 6.07 Å². The van der Waals surface area contributed by atoms with Crippen molar-refractivity contribution in [2.24, 2.45) is 0 Å². The van der Waals surface area contributed by atoms with Gasteiger partial charge in [-0.25, -0.2) is 9.37 Å². The van der Waals surface area contributed by atoms with Crippen LogP contribution in [0.2, 0.25) is 5.02 Å². The molecule has 1 heterocycles. The minimum absolute atomic E-state index is 0.0133. The number of halogens is 3. The van der Waals surface area contributed by atoms with Gasteiger partial charge in [0.15, 0.2) is 0 Å². The lowest BCUT2D eigenvalue weighted by atomic mass is 10.3. The van der Waals surface area contributed by atoms with Crippen molar-refractivity contribution in [2.75, 3.05) is 0 Å². The molecular formula is C13H11BrClFN2O. The third-order valence-electron chi connectivity index (χ3n) is 2.30. The highest BCUT2D eigenvalue weighted by Crippen LogP contribution is 2.26. The average molecular weight is 346 g/mol. The van der Waals surface area contributed by atoms with Crippen molar-refractivity contribution in [3.8, 4) is 11.6 Å². The Morgan fingerprint density at radius 2 is 2.11 bits per heavy atom. The van der Waals surface area contributed by atoms with Gasteiger partial charge in [0.2, 0.25) is 5.88 Å². The monoisotopic (exact) mass is 344 g/mol. The second kappa shape index (κ2) is 6.30. The first-order valence-electron chi connectivity index (χ1n) is 5.75. The third kappa shape index (κ3) is 3.88. The molecule has 3 nitrogen and oxygen atoms in total. The zero-order chi connectivity index (χ0) is 13.8. The van der Waals surface area contributed by atoms with Crippen molar-refractivity contribution in [1.29, 1.82) is 0 Å². The highest BCUT2D eigenvalue weighted by atomic mass is 79.9. The van der Waals surface area contributed by atoms with Crippen LogP contribution < -0.4 is 4.74 Å². The van der Waals surface area contributed by atoms with Crippen molar-refractivity contribution in [2.45, 2.75) is 19.8 Å². The molecule has 0 aliphatic heterocycles. The van der Waals surface area contributed by atoms with Crippen molar-refractivity contribution >= 4 is 27.5 Å². The molecule has 0 aliphatic carbocycles. The minimum Gasteiger partial charge on any atom is -0.439 e. The second-order valence-corrected chi connectivity index (χ2v) is 5.09. The first-order valence-corrected chi connectivity index (χ1v) is 6.92. The van der Waals surface area contributed by atoms with Crippen LogP contribution in [0.1, 0.15) is 19.2 Å². The molecule has 0 amide bonds. The predicted molar refractivity (Wildman–Crippen MR) is 75.2 cm³/mol. The van der Waals surface area contributed by atoms with E-state index in [9.17, 15) is 4.39 Å². The molecule has 0 saturated carbocycles. The standard InChI is InChI=1S/C13H11BrClFN2O/c1-2-3-12-17-11(14)7-13(18-12)19-8-4-5-10(16)9(15)6-8/h4-7H,2-3H2,1H3. The fourth-order valence-corrected chi connectivity index (χ4v) is 2.06. The van der Waals surface area contributed by atoms with E-state index in [-0.39, 0.29) is 5.02 Å². The number of ether oxygens (including phenoxy) is 1. The van der Waals surface area contributed by atoms with Gasteiger partial charge >= 0.3 is 0 Å². The summed E-state index contributed by atoms with van der Waals surface area (Å²) in [4.78, 5) is 8.51. The molecule has 0 unspecified atom stereocenters. The number of nitrogens with zero attached hydrogens (tertiary/aromatic N) is 2. The van der Waals surface area contributed by atoms with E-state index < -0.39 is 5.82 Å². The second-order valence-electron chi connectivity index (χ2n) is 3.87. The van der Waals surface area contributed by atoms with Crippen molar-refractivity contribution in [3.05, 3.63) is 45.5 Å². The molecule has 0 atom stereocenters. The van der Waals surface area contributed by atoms with Gasteiger partial charge in [-0.2, -0.15) is 4.98 Å². The van der Waals surface area contributed by atoms with Crippen LogP contribution in [0.5, 0.6) is 11.6 Å². The lowest BCUT2D eigenvalue weighted by Gasteiger charge is -2.07. The zero-order valence-corrected chi connectivity index (χ0v) is 12.5. The summed E-state index contributed by atoms with van der Waals surface area (Å²) in [6, 6.07) is 5.81. The summed E-state index contributed by atoms with van der Waals surface area (Å²) in [6.45, 7) is 2.05. The van der Waals surface area contributed by atoms with Gasteiger partial charge in [0.1, 0.15) is 22.0 Å². The molecule has 2 rings (SSSR count). The largest absolute Gasteiger partial charge is 0.439 e. The highest BCUT2D eigenvalue weighted by Gasteiger charge is 2.07. The molecule has 0 spiro atoms. The highest BCUT2D eigenvalue weighted by molar-refractivity contribution is 9.10. The molecule has 0 N–H and O–H groups in total. The number of rotatable bonds is 4. The van der Waals surface area contributed by atoms with Gasteiger partial charge < -0.3 is 4.74 Å². The summed E-state index contributed by atoms with van der Waals surface area (Å²) in [5, 5.41) is 0.0133. The summed E-state index contributed by atoms with van der Waals surface area (Å²) < 4.78 is 19.2. The fourth-order valence-electron chi connectivity index (χ4n) is 1.49. The van der Waals surface area contributed by atoms with E-state index in [0.29, 0.717) is 22.1 Å². The Bertz CT molecular complexity index is 595. The number of aryl methyl sites for hydroxylation is 1. The predicted octanol–water partition coefficient (Wildman–Crippen LogP) is 4.78. The molecule has 0 radical (unpaired) electrons. The van der Waals surface area contributed by atoms with Crippen LogP contribution in [0, 0.1) is 5.82 Å².